The van der Waals surface area contributed by atoms with E-state index >= 15 is 0 Å². The Balaban J connectivity index is -0.000000190. The summed E-state index contributed by atoms with van der Waals surface area (Å²) in [6, 6.07) is 0. The van der Waals surface area contributed by atoms with Crippen LogP contribution in [0.5, 0.6) is 0 Å². The summed E-state index contributed by atoms with van der Waals surface area (Å²) in [4.78, 5) is 0. The Morgan fingerprint density at radius 3 is 1.06 bits per heavy atom. The fourth-order valence-electron chi connectivity index (χ4n) is 0.826. The molecule has 0 aliphatic carbocycles. The zero-order chi connectivity index (χ0) is 15.0. The van der Waals surface area contributed by atoms with Gasteiger partial charge in [-0.1, -0.05) is 41.0 Å². The van der Waals surface area contributed by atoms with Gasteiger partial charge in [0.25, 0.3) is 0 Å². The first-order valence-corrected chi connectivity index (χ1v) is 7.43. The average molecular weight is 264 g/mol. The molecule has 3 heteroatoms. The van der Waals surface area contributed by atoms with Crippen molar-refractivity contribution in [3.63, 3.8) is 0 Å². The van der Waals surface area contributed by atoms with E-state index in [1.807, 2.05) is 27.7 Å². The molecule has 0 aromatic carbocycles. The van der Waals surface area contributed by atoms with Crippen molar-refractivity contribution in [3.8, 4) is 0 Å². The SMILES string of the molecule is CCC(C)O.CCC(O)CC.CCCC(O)CC. The summed E-state index contributed by atoms with van der Waals surface area (Å²) in [5.74, 6) is 0. The van der Waals surface area contributed by atoms with Crippen LogP contribution in [0, 0.1) is 0 Å². The summed E-state index contributed by atoms with van der Waals surface area (Å²) in [6.07, 6.45) is 5.34. The Labute approximate surface area is 114 Å². The van der Waals surface area contributed by atoms with Gasteiger partial charge in [-0.25, -0.2) is 0 Å². The van der Waals surface area contributed by atoms with Gasteiger partial charge in [0.2, 0.25) is 0 Å². The third-order valence-corrected chi connectivity index (χ3v) is 2.63. The van der Waals surface area contributed by atoms with Crippen molar-refractivity contribution in [2.24, 2.45) is 0 Å². The number of hydrogen-bond donors (Lipinski definition) is 3. The van der Waals surface area contributed by atoms with E-state index in [9.17, 15) is 0 Å². The van der Waals surface area contributed by atoms with Crippen LogP contribution in [-0.2, 0) is 0 Å². The minimum Gasteiger partial charge on any atom is -0.393 e. The van der Waals surface area contributed by atoms with Gasteiger partial charge in [0.05, 0.1) is 18.3 Å². The molecule has 0 radical (unpaired) electrons. The summed E-state index contributed by atoms with van der Waals surface area (Å²) in [5, 5.41) is 25.9. The van der Waals surface area contributed by atoms with Crippen LogP contribution in [0.2, 0.25) is 0 Å². The molecule has 0 saturated carbocycles. The molecule has 0 bridgehead atoms. The van der Waals surface area contributed by atoms with E-state index in [1.165, 1.54) is 0 Å². The van der Waals surface area contributed by atoms with E-state index in [4.69, 9.17) is 15.3 Å². The highest BCUT2D eigenvalue weighted by molar-refractivity contribution is 4.47. The van der Waals surface area contributed by atoms with Crippen molar-refractivity contribution in [1.82, 2.24) is 0 Å². The summed E-state index contributed by atoms with van der Waals surface area (Å²) < 4.78 is 0. The predicted octanol–water partition coefficient (Wildman–Crippen LogP) is 3.50. The molecule has 0 aromatic heterocycles. The standard InChI is InChI=1S/C6H14O.C5H12O.C4H10O/c1-3-5-6(7)4-2;1-3-5(6)4-2;1-3-4(2)5/h6-7H,3-5H2,1-2H3;5-6H,3-4H2,1-2H3;4-5H,3H2,1-2H3. The maximum absolute atomic E-state index is 8.86. The van der Waals surface area contributed by atoms with Gasteiger partial charge in [-0.15, -0.1) is 0 Å². The lowest BCUT2D eigenvalue weighted by molar-refractivity contribution is 0.159. The van der Waals surface area contributed by atoms with Crippen LogP contribution in [-0.4, -0.2) is 33.6 Å². The highest BCUT2D eigenvalue weighted by atomic mass is 16.3. The van der Waals surface area contributed by atoms with E-state index in [0.717, 1.165) is 38.5 Å². The normalized spacial score (nSPS) is 13.0. The topological polar surface area (TPSA) is 60.7 Å². The monoisotopic (exact) mass is 264 g/mol. The first-order chi connectivity index (χ1) is 8.39. The van der Waals surface area contributed by atoms with Gasteiger partial charge >= 0.3 is 0 Å². The van der Waals surface area contributed by atoms with Crippen molar-refractivity contribution < 1.29 is 15.3 Å². The van der Waals surface area contributed by atoms with E-state index in [1.54, 1.807) is 6.92 Å². The van der Waals surface area contributed by atoms with Gasteiger partial charge in [0.1, 0.15) is 0 Å². The van der Waals surface area contributed by atoms with E-state index < -0.39 is 0 Å². The molecule has 0 spiro atoms. The molecule has 18 heavy (non-hydrogen) atoms. The summed E-state index contributed by atoms with van der Waals surface area (Å²) in [7, 11) is 0. The molecule has 0 aliphatic heterocycles. The molecule has 114 valence electrons. The number of aliphatic hydroxyl groups is 3. The van der Waals surface area contributed by atoms with E-state index in [-0.39, 0.29) is 18.3 Å². The van der Waals surface area contributed by atoms with E-state index in [2.05, 4.69) is 6.92 Å². The molecule has 0 rings (SSSR count). The van der Waals surface area contributed by atoms with Crippen LogP contribution in [0.25, 0.3) is 0 Å². The van der Waals surface area contributed by atoms with Crippen molar-refractivity contribution in [2.45, 2.75) is 98.4 Å². The second kappa shape index (κ2) is 19.2. The third-order valence-electron chi connectivity index (χ3n) is 2.63. The fourth-order valence-corrected chi connectivity index (χ4v) is 0.826. The lowest BCUT2D eigenvalue weighted by Gasteiger charge is -2.01. The molecule has 0 aromatic rings. The van der Waals surface area contributed by atoms with Crippen molar-refractivity contribution >= 4 is 0 Å². The zero-order valence-corrected chi connectivity index (χ0v) is 13.3. The van der Waals surface area contributed by atoms with Gasteiger partial charge in [0.15, 0.2) is 0 Å². The summed E-state index contributed by atoms with van der Waals surface area (Å²) >= 11 is 0. The van der Waals surface area contributed by atoms with Crippen LogP contribution in [0.1, 0.15) is 80.1 Å². The lowest BCUT2D eigenvalue weighted by Crippen LogP contribution is -2.01. The van der Waals surface area contributed by atoms with Crippen LogP contribution in [0.3, 0.4) is 0 Å². The van der Waals surface area contributed by atoms with Gasteiger partial charge in [-0.05, 0) is 39.0 Å². The Hall–Kier alpha value is -0.120. The Bertz CT molecular complexity index is 123. The first-order valence-electron chi connectivity index (χ1n) is 7.43. The molecule has 2 atom stereocenters. The molecule has 3 N–H and O–H groups in total. The largest absolute Gasteiger partial charge is 0.393 e. The third kappa shape index (κ3) is 29.7. The maximum atomic E-state index is 8.86. The average Bonchev–Trinajstić information content (AvgIpc) is 2.39. The number of rotatable bonds is 6. The molecule has 0 aliphatic rings. The lowest BCUT2D eigenvalue weighted by atomic mass is 10.2. The molecule has 0 saturated heterocycles. The Morgan fingerprint density at radius 2 is 1.00 bits per heavy atom. The van der Waals surface area contributed by atoms with E-state index in [0.29, 0.717) is 0 Å². The highest BCUT2D eigenvalue weighted by Crippen LogP contribution is 1.98. The van der Waals surface area contributed by atoms with Crippen LogP contribution in [0.4, 0.5) is 0 Å². The van der Waals surface area contributed by atoms with Crippen LogP contribution >= 0.6 is 0 Å². The van der Waals surface area contributed by atoms with Crippen LogP contribution < -0.4 is 0 Å². The van der Waals surface area contributed by atoms with Gasteiger partial charge in [0, 0.05) is 0 Å². The molecule has 3 nitrogen and oxygen atoms in total. The minimum absolute atomic E-state index is 0.0509. The van der Waals surface area contributed by atoms with Crippen molar-refractivity contribution in [1.29, 1.82) is 0 Å². The minimum atomic E-state index is -0.116. The molecule has 0 amide bonds. The maximum Gasteiger partial charge on any atom is 0.0537 e. The first kappa shape index (κ1) is 23.0. The van der Waals surface area contributed by atoms with Gasteiger partial charge in [-0.3, -0.25) is 0 Å². The smallest absolute Gasteiger partial charge is 0.0537 e. The van der Waals surface area contributed by atoms with Crippen LogP contribution in [0.15, 0.2) is 0 Å². The molecule has 0 heterocycles. The highest BCUT2D eigenvalue weighted by Gasteiger charge is 1.94. The quantitative estimate of drug-likeness (QED) is 0.688. The molecule has 0 fully saturated rings. The Morgan fingerprint density at radius 1 is 0.667 bits per heavy atom. The second-order valence-corrected chi connectivity index (χ2v) is 4.58. The zero-order valence-electron chi connectivity index (χ0n) is 13.3. The molecule has 2 unspecified atom stereocenters. The summed E-state index contributed by atoms with van der Waals surface area (Å²) in [6.45, 7) is 11.8. The fraction of sp³-hybridized carbons (Fsp3) is 1.00. The number of aliphatic hydroxyl groups excluding tert-OH is 3. The number of hydrogen-bond acceptors (Lipinski definition) is 3. The summed E-state index contributed by atoms with van der Waals surface area (Å²) in [5.41, 5.74) is 0. The Kier molecular flexibility index (Phi) is 24.6. The predicted molar refractivity (Wildman–Crippen MR) is 79.8 cm³/mol. The van der Waals surface area contributed by atoms with Crippen molar-refractivity contribution in [2.75, 3.05) is 0 Å². The van der Waals surface area contributed by atoms with Gasteiger partial charge < -0.3 is 15.3 Å². The van der Waals surface area contributed by atoms with Crippen molar-refractivity contribution in [3.05, 3.63) is 0 Å². The second-order valence-electron chi connectivity index (χ2n) is 4.58. The molecular formula is C15H36O3. The van der Waals surface area contributed by atoms with Gasteiger partial charge in [-0.2, -0.15) is 0 Å². The molecular weight excluding hydrogens is 228 g/mol.